The lowest BCUT2D eigenvalue weighted by Gasteiger charge is -2.26. The minimum atomic E-state index is -0.948. The number of aliphatic hydroxyl groups is 1. The highest BCUT2D eigenvalue weighted by atomic mass is 16.4. The number of rotatable bonds is 4. The predicted molar refractivity (Wildman–Crippen MR) is 85.3 cm³/mol. The van der Waals surface area contributed by atoms with Crippen molar-refractivity contribution in [3.8, 4) is 0 Å². The van der Waals surface area contributed by atoms with Crippen LogP contribution in [-0.2, 0) is 16.8 Å². The molecule has 2 aromatic rings. The van der Waals surface area contributed by atoms with Gasteiger partial charge < -0.3 is 15.1 Å². The van der Waals surface area contributed by atoms with Gasteiger partial charge in [-0.1, -0.05) is 24.3 Å². The minimum absolute atomic E-state index is 0.129. The van der Waals surface area contributed by atoms with Gasteiger partial charge in [0, 0.05) is 18.3 Å². The molecule has 1 unspecified atom stereocenters. The number of carbonyl (C=O) groups is 1. The molecule has 2 heterocycles. The molecular formula is C17H19N3O3. The molecule has 3 rings (SSSR count). The standard InChI is InChI=1S/C17H19N3O3/c1-12-4-2-3-5-14(12)17(23)6-7-20(10-17)16-13(8-15(21)22)9-18-11-19-16/h2-5,9,11,23H,6-8,10H2,1H3,(H,21,22). The number of β-amino-alcohol motifs (C(OH)–C–C–N with tert-alkyl or cyclic N) is 1. The highest BCUT2D eigenvalue weighted by Crippen LogP contribution is 2.36. The Kier molecular flexibility index (Phi) is 4.00. The van der Waals surface area contributed by atoms with Gasteiger partial charge >= 0.3 is 5.97 Å². The molecule has 1 fully saturated rings. The molecule has 2 N–H and O–H groups in total. The van der Waals surface area contributed by atoms with Gasteiger partial charge in [0.25, 0.3) is 0 Å². The van der Waals surface area contributed by atoms with Crippen molar-refractivity contribution in [2.75, 3.05) is 18.0 Å². The summed E-state index contributed by atoms with van der Waals surface area (Å²) in [6.45, 7) is 2.99. The van der Waals surface area contributed by atoms with Crippen LogP contribution in [0.15, 0.2) is 36.8 Å². The van der Waals surface area contributed by atoms with Crippen LogP contribution in [0.3, 0.4) is 0 Å². The molecule has 1 atom stereocenters. The number of aryl methyl sites for hydroxylation is 1. The van der Waals surface area contributed by atoms with E-state index in [2.05, 4.69) is 9.97 Å². The van der Waals surface area contributed by atoms with E-state index in [0.717, 1.165) is 11.1 Å². The second-order valence-electron chi connectivity index (χ2n) is 5.96. The average molecular weight is 313 g/mol. The first-order chi connectivity index (χ1) is 11.0. The lowest BCUT2D eigenvalue weighted by atomic mass is 9.89. The predicted octanol–water partition coefficient (Wildman–Crippen LogP) is 1.51. The Bertz CT molecular complexity index is 735. The van der Waals surface area contributed by atoms with Crippen molar-refractivity contribution in [2.24, 2.45) is 0 Å². The van der Waals surface area contributed by atoms with Crippen molar-refractivity contribution in [1.82, 2.24) is 9.97 Å². The molecule has 0 aliphatic carbocycles. The second-order valence-corrected chi connectivity index (χ2v) is 5.96. The van der Waals surface area contributed by atoms with E-state index in [1.807, 2.05) is 36.1 Å². The third-order valence-corrected chi connectivity index (χ3v) is 4.30. The summed E-state index contributed by atoms with van der Waals surface area (Å²) < 4.78 is 0. The molecule has 1 saturated heterocycles. The third kappa shape index (κ3) is 3.03. The molecule has 0 bridgehead atoms. The number of benzene rings is 1. The maximum Gasteiger partial charge on any atom is 0.308 e. The first-order valence-corrected chi connectivity index (χ1v) is 7.54. The summed E-state index contributed by atoms with van der Waals surface area (Å²) in [5.41, 5.74) is 1.58. The van der Waals surface area contributed by atoms with Crippen LogP contribution in [0.2, 0.25) is 0 Å². The monoisotopic (exact) mass is 313 g/mol. The van der Waals surface area contributed by atoms with Crippen LogP contribution >= 0.6 is 0 Å². The molecule has 1 aromatic heterocycles. The van der Waals surface area contributed by atoms with E-state index < -0.39 is 11.6 Å². The average Bonchev–Trinajstić information content (AvgIpc) is 2.91. The highest BCUT2D eigenvalue weighted by Gasteiger charge is 2.39. The molecule has 0 spiro atoms. The minimum Gasteiger partial charge on any atom is -0.481 e. The fourth-order valence-corrected chi connectivity index (χ4v) is 3.21. The Morgan fingerprint density at radius 1 is 1.39 bits per heavy atom. The zero-order valence-electron chi connectivity index (χ0n) is 12.9. The van der Waals surface area contributed by atoms with Crippen LogP contribution in [0.5, 0.6) is 0 Å². The van der Waals surface area contributed by atoms with E-state index in [1.165, 1.54) is 12.5 Å². The molecule has 6 nitrogen and oxygen atoms in total. The molecule has 0 amide bonds. The van der Waals surface area contributed by atoms with E-state index in [0.29, 0.717) is 30.9 Å². The van der Waals surface area contributed by atoms with Gasteiger partial charge in [0.05, 0.1) is 13.0 Å². The number of hydrogen-bond acceptors (Lipinski definition) is 5. The van der Waals surface area contributed by atoms with Gasteiger partial charge in [-0.2, -0.15) is 0 Å². The van der Waals surface area contributed by atoms with Crippen molar-refractivity contribution in [1.29, 1.82) is 0 Å². The number of carboxylic acid groups (broad SMARTS) is 1. The van der Waals surface area contributed by atoms with Gasteiger partial charge in [-0.3, -0.25) is 4.79 Å². The van der Waals surface area contributed by atoms with Gasteiger partial charge in [0.2, 0.25) is 0 Å². The lowest BCUT2D eigenvalue weighted by molar-refractivity contribution is -0.136. The Hall–Kier alpha value is -2.47. The molecule has 23 heavy (non-hydrogen) atoms. The van der Waals surface area contributed by atoms with Crippen molar-refractivity contribution in [2.45, 2.75) is 25.4 Å². The van der Waals surface area contributed by atoms with Crippen LogP contribution in [0.25, 0.3) is 0 Å². The topological polar surface area (TPSA) is 86.5 Å². The molecule has 0 radical (unpaired) electrons. The fourth-order valence-electron chi connectivity index (χ4n) is 3.21. The van der Waals surface area contributed by atoms with E-state index in [-0.39, 0.29) is 6.42 Å². The Balaban J connectivity index is 1.88. The quantitative estimate of drug-likeness (QED) is 0.890. The summed E-state index contributed by atoms with van der Waals surface area (Å²) in [4.78, 5) is 21.1. The summed E-state index contributed by atoms with van der Waals surface area (Å²) in [7, 11) is 0. The molecule has 1 aliphatic rings. The van der Waals surface area contributed by atoms with Crippen LogP contribution < -0.4 is 4.90 Å². The summed E-state index contributed by atoms with van der Waals surface area (Å²) >= 11 is 0. The molecular weight excluding hydrogens is 294 g/mol. The summed E-state index contributed by atoms with van der Waals surface area (Å²) in [6.07, 6.45) is 3.39. The van der Waals surface area contributed by atoms with Gasteiger partial charge in [-0.25, -0.2) is 9.97 Å². The summed E-state index contributed by atoms with van der Waals surface area (Å²) in [6, 6.07) is 7.79. The van der Waals surface area contributed by atoms with E-state index in [4.69, 9.17) is 5.11 Å². The van der Waals surface area contributed by atoms with E-state index >= 15 is 0 Å². The van der Waals surface area contributed by atoms with Crippen LogP contribution in [0.4, 0.5) is 5.82 Å². The van der Waals surface area contributed by atoms with Gasteiger partial charge in [-0.05, 0) is 24.5 Å². The maximum atomic E-state index is 11.0. The normalized spacial score (nSPS) is 20.7. The highest BCUT2D eigenvalue weighted by molar-refractivity contribution is 5.72. The van der Waals surface area contributed by atoms with Crippen LogP contribution in [0, 0.1) is 6.92 Å². The summed E-state index contributed by atoms with van der Waals surface area (Å²) in [5.74, 6) is -0.332. The van der Waals surface area contributed by atoms with Crippen molar-refractivity contribution in [3.05, 3.63) is 53.5 Å². The number of hydrogen-bond donors (Lipinski definition) is 2. The number of aromatic nitrogens is 2. The van der Waals surface area contributed by atoms with Crippen LogP contribution in [-0.4, -0.2) is 39.2 Å². The first-order valence-electron chi connectivity index (χ1n) is 7.54. The zero-order chi connectivity index (χ0) is 16.4. The molecule has 6 heteroatoms. The van der Waals surface area contributed by atoms with Gasteiger partial charge in [0.15, 0.2) is 0 Å². The van der Waals surface area contributed by atoms with E-state index in [9.17, 15) is 9.90 Å². The van der Waals surface area contributed by atoms with Crippen molar-refractivity contribution < 1.29 is 15.0 Å². The fraction of sp³-hybridized carbons (Fsp3) is 0.353. The van der Waals surface area contributed by atoms with Crippen LogP contribution in [0.1, 0.15) is 23.1 Å². The van der Waals surface area contributed by atoms with Crippen molar-refractivity contribution in [3.63, 3.8) is 0 Å². The Labute approximate surface area is 134 Å². The Morgan fingerprint density at radius 2 is 2.17 bits per heavy atom. The lowest BCUT2D eigenvalue weighted by Crippen LogP contribution is -2.32. The van der Waals surface area contributed by atoms with Gasteiger partial charge in [-0.15, -0.1) is 0 Å². The maximum absolute atomic E-state index is 11.0. The SMILES string of the molecule is Cc1ccccc1C1(O)CCN(c2ncncc2CC(=O)O)C1. The zero-order valence-corrected chi connectivity index (χ0v) is 12.9. The largest absolute Gasteiger partial charge is 0.481 e. The first kappa shape index (κ1) is 15.4. The summed E-state index contributed by atoms with van der Waals surface area (Å²) in [5, 5.41) is 20.1. The molecule has 1 aromatic carbocycles. The number of nitrogens with zero attached hydrogens (tertiary/aromatic N) is 3. The number of carboxylic acids is 1. The third-order valence-electron chi connectivity index (χ3n) is 4.30. The number of anilines is 1. The smallest absolute Gasteiger partial charge is 0.308 e. The molecule has 0 saturated carbocycles. The van der Waals surface area contributed by atoms with Crippen molar-refractivity contribution >= 4 is 11.8 Å². The number of aliphatic carboxylic acids is 1. The van der Waals surface area contributed by atoms with E-state index in [1.54, 1.807) is 0 Å². The Morgan fingerprint density at radius 3 is 2.91 bits per heavy atom. The van der Waals surface area contributed by atoms with Gasteiger partial charge in [0.1, 0.15) is 17.7 Å². The molecule has 1 aliphatic heterocycles. The second kappa shape index (κ2) is 5.96. The molecule has 120 valence electrons.